The second kappa shape index (κ2) is 5.91. The molecule has 0 radical (unpaired) electrons. The minimum absolute atomic E-state index is 0.322. The second-order valence-electron chi connectivity index (χ2n) is 5.67. The van der Waals surface area contributed by atoms with Gasteiger partial charge in [0.25, 0.3) is 0 Å². The molecule has 18 heavy (non-hydrogen) atoms. The monoisotopic (exact) mass is 286 g/mol. The first-order valence-electron chi connectivity index (χ1n) is 6.72. The number of likely N-dealkylation sites (tertiary alicyclic amines) is 1. The van der Waals surface area contributed by atoms with Gasteiger partial charge in [0.05, 0.1) is 11.1 Å². The van der Waals surface area contributed by atoms with Gasteiger partial charge < -0.3 is 5.73 Å². The van der Waals surface area contributed by atoms with Gasteiger partial charge in [-0.3, -0.25) is 4.90 Å². The van der Waals surface area contributed by atoms with Crippen LogP contribution in [0, 0.1) is 11.8 Å². The molecule has 0 aliphatic carbocycles. The summed E-state index contributed by atoms with van der Waals surface area (Å²) in [6.45, 7) is 8.82. The molecule has 0 saturated carbocycles. The van der Waals surface area contributed by atoms with Crippen molar-refractivity contribution in [1.82, 2.24) is 4.90 Å². The van der Waals surface area contributed by atoms with Gasteiger partial charge in [0.15, 0.2) is 0 Å². The molecule has 2 heterocycles. The fourth-order valence-electron chi connectivity index (χ4n) is 3.09. The van der Waals surface area contributed by atoms with E-state index in [1.54, 1.807) is 11.3 Å². The smallest absolute Gasteiger partial charge is 0.0567 e. The summed E-state index contributed by atoms with van der Waals surface area (Å²) in [6, 6.07) is 2.98. The summed E-state index contributed by atoms with van der Waals surface area (Å²) < 4.78 is 0. The summed E-state index contributed by atoms with van der Waals surface area (Å²) in [5.74, 6) is 1.49. The van der Waals surface area contributed by atoms with Crippen molar-refractivity contribution in [2.45, 2.75) is 39.3 Å². The molecule has 4 unspecified atom stereocenters. The first-order chi connectivity index (χ1) is 8.52. The Morgan fingerprint density at radius 3 is 2.78 bits per heavy atom. The molecule has 4 heteroatoms. The van der Waals surface area contributed by atoms with Gasteiger partial charge in [0, 0.05) is 29.4 Å². The zero-order valence-electron chi connectivity index (χ0n) is 11.4. The predicted molar refractivity (Wildman–Crippen MR) is 80.2 cm³/mol. The zero-order chi connectivity index (χ0) is 13.3. The molecule has 0 spiro atoms. The number of halogens is 1. The second-order valence-corrected chi connectivity index (χ2v) is 7.05. The first kappa shape index (κ1) is 14.3. The van der Waals surface area contributed by atoms with Crippen LogP contribution < -0.4 is 5.73 Å². The standard InChI is InChI=1S/C14H23ClN2S/c1-9-4-10(2)11(3)17(7-9)13(6-16)14-5-12(15)8-18-14/h5,8-11,13H,4,6-7,16H2,1-3H3. The van der Waals surface area contributed by atoms with E-state index in [1.165, 1.54) is 11.3 Å². The fourth-order valence-corrected chi connectivity index (χ4v) is 4.30. The Bertz CT molecular complexity index is 393. The predicted octanol–water partition coefficient (Wildman–Crippen LogP) is 3.77. The van der Waals surface area contributed by atoms with Crippen molar-refractivity contribution in [2.24, 2.45) is 17.6 Å². The highest BCUT2D eigenvalue weighted by Gasteiger charge is 2.33. The number of thiophene rings is 1. The summed E-state index contributed by atoms with van der Waals surface area (Å²) in [4.78, 5) is 3.87. The molecule has 0 amide bonds. The van der Waals surface area contributed by atoms with Gasteiger partial charge in [-0.05, 0) is 31.2 Å². The van der Waals surface area contributed by atoms with Gasteiger partial charge in [-0.25, -0.2) is 0 Å². The van der Waals surface area contributed by atoms with Crippen LogP contribution in [0.15, 0.2) is 11.4 Å². The highest BCUT2D eigenvalue weighted by Crippen LogP contribution is 2.36. The molecule has 1 fully saturated rings. The van der Waals surface area contributed by atoms with Crippen molar-refractivity contribution < 1.29 is 0 Å². The molecule has 1 aliphatic rings. The Morgan fingerprint density at radius 1 is 1.50 bits per heavy atom. The van der Waals surface area contributed by atoms with Gasteiger partial charge in [-0.2, -0.15) is 0 Å². The SMILES string of the molecule is CC1CC(C)C(C)N(C(CN)c2cc(Cl)cs2)C1. The van der Waals surface area contributed by atoms with Crippen LogP contribution in [0.4, 0.5) is 0 Å². The van der Waals surface area contributed by atoms with Gasteiger partial charge in [-0.15, -0.1) is 11.3 Å². The minimum atomic E-state index is 0.322. The Labute approximate surface area is 119 Å². The molecule has 0 bridgehead atoms. The number of hydrogen-bond acceptors (Lipinski definition) is 3. The van der Waals surface area contributed by atoms with Crippen LogP contribution >= 0.6 is 22.9 Å². The normalized spacial score (nSPS) is 31.5. The highest BCUT2D eigenvalue weighted by molar-refractivity contribution is 7.10. The Hall–Kier alpha value is -0.0900. The Balaban J connectivity index is 2.20. The van der Waals surface area contributed by atoms with Gasteiger partial charge in [-0.1, -0.05) is 25.4 Å². The van der Waals surface area contributed by atoms with E-state index in [9.17, 15) is 0 Å². The van der Waals surface area contributed by atoms with Crippen molar-refractivity contribution in [3.8, 4) is 0 Å². The van der Waals surface area contributed by atoms with Crippen LogP contribution in [0.25, 0.3) is 0 Å². The molecule has 1 aliphatic heterocycles. The van der Waals surface area contributed by atoms with Crippen molar-refractivity contribution in [3.63, 3.8) is 0 Å². The van der Waals surface area contributed by atoms with Crippen molar-refractivity contribution in [2.75, 3.05) is 13.1 Å². The van der Waals surface area contributed by atoms with Gasteiger partial charge in [0.1, 0.15) is 0 Å². The minimum Gasteiger partial charge on any atom is -0.329 e. The maximum atomic E-state index is 6.05. The van der Waals surface area contributed by atoms with Crippen molar-refractivity contribution in [3.05, 3.63) is 21.3 Å². The number of nitrogens with zero attached hydrogens (tertiary/aromatic N) is 1. The van der Waals surface area contributed by atoms with Crippen molar-refractivity contribution >= 4 is 22.9 Å². The van der Waals surface area contributed by atoms with Crippen LogP contribution in [0.2, 0.25) is 5.02 Å². The van der Waals surface area contributed by atoms with Crippen LogP contribution in [0.5, 0.6) is 0 Å². The zero-order valence-corrected chi connectivity index (χ0v) is 13.0. The lowest BCUT2D eigenvalue weighted by molar-refractivity contribution is 0.0437. The molecule has 2 rings (SSSR count). The molecule has 1 saturated heterocycles. The average molecular weight is 287 g/mol. The number of nitrogens with two attached hydrogens (primary N) is 1. The largest absolute Gasteiger partial charge is 0.329 e. The number of hydrogen-bond donors (Lipinski definition) is 1. The lowest BCUT2D eigenvalue weighted by Gasteiger charge is -2.44. The summed E-state index contributed by atoms with van der Waals surface area (Å²) in [7, 11) is 0. The fraction of sp³-hybridized carbons (Fsp3) is 0.714. The average Bonchev–Trinajstić information content (AvgIpc) is 2.73. The van der Waals surface area contributed by atoms with Crippen molar-refractivity contribution in [1.29, 1.82) is 0 Å². The van der Waals surface area contributed by atoms with E-state index < -0.39 is 0 Å². The molecule has 1 aromatic heterocycles. The molecule has 2 N–H and O–H groups in total. The summed E-state index contributed by atoms with van der Waals surface area (Å²) in [5, 5.41) is 2.83. The molecule has 1 aromatic rings. The number of piperidine rings is 1. The number of rotatable bonds is 3. The molecule has 2 nitrogen and oxygen atoms in total. The van der Waals surface area contributed by atoms with E-state index >= 15 is 0 Å². The maximum Gasteiger partial charge on any atom is 0.0567 e. The Kier molecular flexibility index (Phi) is 4.70. The van der Waals surface area contributed by atoms with Crippen LogP contribution in [0.3, 0.4) is 0 Å². The van der Waals surface area contributed by atoms with E-state index in [0.717, 1.165) is 23.4 Å². The van der Waals surface area contributed by atoms with Crippen LogP contribution in [0.1, 0.15) is 38.1 Å². The third-order valence-corrected chi connectivity index (χ3v) is 5.56. The molecular formula is C14H23ClN2S. The Morgan fingerprint density at radius 2 is 2.22 bits per heavy atom. The molecule has 0 aromatic carbocycles. The summed E-state index contributed by atoms with van der Waals surface area (Å²) >= 11 is 7.77. The van der Waals surface area contributed by atoms with Crippen LogP contribution in [-0.4, -0.2) is 24.0 Å². The third kappa shape index (κ3) is 2.90. The highest BCUT2D eigenvalue weighted by atomic mass is 35.5. The topological polar surface area (TPSA) is 29.3 Å². The van der Waals surface area contributed by atoms with E-state index in [2.05, 4.69) is 31.7 Å². The van der Waals surface area contributed by atoms with E-state index in [-0.39, 0.29) is 0 Å². The maximum absolute atomic E-state index is 6.05. The summed E-state index contributed by atoms with van der Waals surface area (Å²) in [5.41, 5.74) is 6.02. The van der Waals surface area contributed by atoms with E-state index in [0.29, 0.717) is 18.6 Å². The van der Waals surface area contributed by atoms with Crippen LogP contribution in [-0.2, 0) is 0 Å². The van der Waals surface area contributed by atoms with Gasteiger partial charge >= 0.3 is 0 Å². The summed E-state index contributed by atoms with van der Waals surface area (Å²) in [6.07, 6.45) is 1.32. The molecule has 4 atom stereocenters. The lowest BCUT2D eigenvalue weighted by Crippen LogP contribution is -2.49. The first-order valence-corrected chi connectivity index (χ1v) is 7.98. The van der Waals surface area contributed by atoms with E-state index in [4.69, 9.17) is 17.3 Å². The molecule has 102 valence electrons. The quantitative estimate of drug-likeness (QED) is 0.916. The van der Waals surface area contributed by atoms with Gasteiger partial charge in [0.2, 0.25) is 0 Å². The molecular weight excluding hydrogens is 264 g/mol. The lowest BCUT2D eigenvalue weighted by atomic mass is 9.85. The van der Waals surface area contributed by atoms with E-state index in [1.807, 2.05) is 5.38 Å². The third-order valence-electron chi connectivity index (χ3n) is 4.18.